The minimum absolute atomic E-state index is 0.109. The second-order valence-corrected chi connectivity index (χ2v) is 6.85. The van der Waals surface area contributed by atoms with Crippen molar-refractivity contribution in [2.75, 3.05) is 13.7 Å². The van der Waals surface area contributed by atoms with Gasteiger partial charge in [-0.3, -0.25) is 24.2 Å². The first-order valence-corrected chi connectivity index (χ1v) is 9.07. The van der Waals surface area contributed by atoms with Crippen molar-refractivity contribution in [3.63, 3.8) is 0 Å². The third-order valence-corrected chi connectivity index (χ3v) is 4.26. The highest BCUT2D eigenvalue weighted by Gasteiger charge is 2.32. The van der Waals surface area contributed by atoms with E-state index in [4.69, 9.17) is 4.74 Å². The van der Waals surface area contributed by atoms with Gasteiger partial charge in [-0.1, -0.05) is 19.9 Å². The summed E-state index contributed by atoms with van der Waals surface area (Å²) in [5, 5.41) is 6.61. The van der Waals surface area contributed by atoms with E-state index in [1.165, 1.54) is 18.2 Å². The highest BCUT2D eigenvalue weighted by molar-refractivity contribution is 5.92. The molecule has 9 heteroatoms. The van der Waals surface area contributed by atoms with Crippen molar-refractivity contribution >= 4 is 23.7 Å². The van der Waals surface area contributed by atoms with Crippen LogP contribution in [0.25, 0.3) is 0 Å². The summed E-state index contributed by atoms with van der Waals surface area (Å²) >= 11 is 0. The van der Waals surface area contributed by atoms with E-state index in [-0.39, 0.29) is 24.2 Å². The van der Waals surface area contributed by atoms with Gasteiger partial charge in [0.05, 0.1) is 7.11 Å². The van der Waals surface area contributed by atoms with Gasteiger partial charge in [0.2, 0.25) is 11.8 Å². The van der Waals surface area contributed by atoms with Crippen LogP contribution in [0.15, 0.2) is 12.7 Å². The Kier molecular flexibility index (Phi) is 8.93. The Bertz CT molecular complexity index is 578. The number of hydrogen-bond donors (Lipinski definition) is 3. The lowest BCUT2D eigenvalue weighted by Crippen LogP contribution is -2.60. The maximum atomic E-state index is 12.6. The van der Waals surface area contributed by atoms with Gasteiger partial charge in [0.1, 0.15) is 18.1 Å². The van der Waals surface area contributed by atoms with E-state index >= 15 is 0 Å². The van der Waals surface area contributed by atoms with E-state index in [9.17, 15) is 19.2 Å². The van der Waals surface area contributed by atoms with Crippen LogP contribution in [0, 0.1) is 5.92 Å². The summed E-state index contributed by atoms with van der Waals surface area (Å²) in [4.78, 5) is 48.6. The largest absolute Gasteiger partial charge is 0.468 e. The molecule has 0 aromatic heterocycles. The van der Waals surface area contributed by atoms with Crippen molar-refractivity contribution in [3.8, 4) is 0 Å². The fourth-order valence-corrected chi connectivity index (χ4v) is 2.75. The lowest BCUT2D eigenvalue weighted by atomic mass is 10.0. The van der Waals surface area contributed by atoms with Crippen LogP contribution in [-0.2, 0) is 23.9 Å². The number of hydrazine groups is 1. The molecular formula is C18H30N4O5. The number of esters is 1. The lowest BCUT2D eigenvalue weighted by molar-refractivity contribution is -0.150. The number of nitrogens with one attached hydrogen (secondary N) is 3. The van der Waals surface area contributed by atoms with Gasteiger partial charge < -0.3 is 15.4 Å². The van der Waals surface area contributed by atoms with E-state index in [0.29, 0.717) is 19.4 Å². The first-order valence-electron chi connectivity index (χ1n) is 9.07. The molecule has 3 atom stereocenters. The molecule has 1 heterocycles. The molecule has 9 nitrogen and oxygen atoms in total. The topological polar surface area (TPSA) is 117 Å². The molecule has 27 heavy (non-hydrogen) atoms. The Hall–Kier alpha value is -2.42. The van der Waals surface area contributed by atoms with Gasteiger partial charge >= 0.3 is 5.97 Å². The molecule has 152 valence electrons. The van der Waals surface area contributed by atoms with Crippen LogP contribution in [-0.4, -0.2) is 60.5 Å². The van der Waals surface area contributed by atoms with Crippen LogP contribution in [0.3, 0.4) is 0 Å². The third kappa shape index (κ3) is 6.67. The summed E-state index contributed by atoms with van der Waals surface area (Å²) in [7, 11) is 1.29. The van der Waals surface area contributed by atoms with Crippen molar-refractivity contribution in [1.82, 2.24) is 21.1 Å². The van der Waals surface area contributed by atoms with Crippen LogP contribution >= 0.6 is 0 Å². The molecule has 1 fully saturated rings. The maximum Gasteiger partial charge on any atom is 0.324 e. The van der Waals surface area contributed by atoms with Gasteiger partial charge in [-0.05, 0) is 25.7 Å². The molecule has 0 radical (unpaired) electrons. The number of amides is 3. The molecule has 1 saturated heterocycles. The van der Waals surface area contributed by atoms with Crippen molar-refractivity contribution in [2.45, 2.75) is 58.2 Å². The predicted molar refractivity (Wildman–Crippen MR) is 99.1 cm³/mol. The number of ether oxygens (including phenoxy) is 1. The van der Waals surface area contributed by atoms with E-state index in [2.05, 4.69) is 22.6 Å². The normalized spacial score (nSPS) is 19.0. The van der Waals surface area contributed by atoms with Gasteiger partial charge in [-0.2, -0.15) is 0 Å². The molecule has 1 aliphatic rings. The Morgan fingerprint density at radius 2 is 1.93 bits per heavy atom. The average Bonchev–Trinajstić information content (AvgIpc) is 2.64. The van der Waals surface area contributed by atoms with Crippen LogP contribution < -0.4 is 16.1 Å². The molecule has 0 aliphatic carbocycles. The smallest absolute Gasteiger partial charge is 0.324 e. The third-order valence-electron chi connectivity index (χ3n) is 4.26. The average molecular weight is 382 g/mol. The fourth-order valence-electron chi connectivity index (χ4n) is 2.75. The number of methoxy groups -OCH3 is 1. The number of rotatable bonds is 8. The second kappa shape index (κ2) is 10.7. The zero-order valence-electron chi connectivity index (χ0n) is 16.4. The van der Waals surface area contributed by atoms with Gasteiger partial charge in [-0.25, -0.2) is 5.43 Å². The Labute approximate surface area is 159 Å². The van der Waals surface area contributed by atoms with Gasteiger partial charge in [0.15, 0.2) is 0 Å². The van der Waals surface area contributed by atoms with Crippen molar-refractivity contribution in [3.05, 3.63) is 12.7 Å². The molecule has 0 saturated carbocycles. The quantitative estimate of drug-likeness (QED) is 0.398. The summed E-state index contributed by atoms with van der Waals surface area (Å²) in [6.45, 7) is 9.09. The zero-order chi connectivity index (χ0) is 20.6. The summed E-state index contributed by atoms with van der Waals surface area (Å²) in [5.74, 6) is -1.70. The lowest BCUT2D eigenvalue weighted by Gasteiger charge is -2.34. The molecule has 0 aromatic rings. The number of hydrogen-bond acceptors (Lipinski definition) is 6. The molecule has 1 aliphatic heterocycles. The zero-order valence-corrected chi connectivity index (χ0v) is 16.4. The molecular weight excluding hydrogens is 352 g/mol. The molecule has 0 unspecified atom stereocenters. The molecule has 1 rings (SSSR count). The SMILES string of the molecule is C=CCC(=O)N[C@H](C(=O)N[C@@H](C)C(=O)N1CCC[C@@H](C(=O)OC)N1)C(C)C. The predicted octanol–water partition coefficient (Wildman–Crippen LogP) is -0.123. The van der Waals surface area contributed by atoms with Crippen molar-refractivity contribution in [2.24, 2.45) is 5.92 Å². The van der Waals surface area contributed by atoms with Crippen LogP contribution in [0.2, 0.25) is 0 Å². The standard InChI is InChI=1S/C18H30N4O5/c1-6-8-14(23)20-15(11(2)3)16(24)19-12(4)17(25)22-10-7-9-13(21-22)18(26)27-5/h6,11-13,15,21H,1,7-10H2,2-5H3,(H,19,24)(H,20,23)/t12-,13-,15-/m0/s1. The van der Waals surface area contributed by atoms with E-state index in [0.717, 1.165) is 0 Å². The van der Waals surface area contributed by atoms with Crippen molar-refractivity contribution < 1.29 is 23.9 Å². The monoisotopic (exact) mass is 382 g/mol. The molecule has 0 aromatic carbocycles. The molecule has 0 bridgehead atoms. The van der Waals surface area contributed by atoms with Crippen molar-refractivity contribution in [1.29, 1.82) is 0 Å². The summed E-state index contributed by atoms with van der Waals surface area (Å²) in [6, 6.07) is -2.17. The highest BCUT2D eigenvalue weighted by Crippen LogP contribution is 2.10. The van der Waals surface area contributed by atoms with Gasteiger partial charge in [0.25, 0.3) is 5.91 Å². The van der Waals surface area contributed by atoms with Gasteiger partial charge in [0, 0.05) is 13.0 Å². The molecule has 0 spiro atoms. The highest BCUT2D eigenvalue weighted by atomic mass is 16.5. The molecule has 3 N–H and O–H groups in total. The minimum atomic E-state index is -0.820. The fraction of sp³-hybridized carbons (Fsp3) is 0.667. The summed E-state index contributed by atoms with van der Waals surface area (Å²) < 4.78 is 4.70. The Morgan fingerprint density at radius 3 is 2.48 bits per heavy atom. The first kappa shape index (κ1) is 22.6. The minimum Gasteiger partial charge on any atom is -0.468 e. The number of carbonyl (C=O) groups is 4. The van der Waals surface area contributed by atoms with Gasteiger partial charge in [-0.15, -0.1) is 6.58 Å². The summed E-state index contributed by atoms with van der Waals surface area (Å²) in [6.07, 6.45) is 2.78. The first-order chi connectivity index (χ1) is 12.7. The van der Waals surface area contributed by atoms with Crippen LogP contribution in [0.5, 0.6) is 0 Å². The Balaban J connectivity index is 2.68. The Morgan fingerprint density at radius 1 is 1.26 bits per heavy atom. The van der Waals surface area contributed by atoms with E-state index in [1.807, 2.05) is 0 Å². The van der Waals surface area contributed by atoms with E-state index < -0.39 is 30.0 Å². The number of nitrogens with zero attached hydrogens (tertiary/aromatic N) is 1. The summed E-state index contributed by atoms with van der Waals surface area (Å²) in [5.41, 5.74) is 2.84. The molecule has 3 amide bonds. The second-order valence-electron chi connectivity index (χ2n) is 6.85. The maximum absolute atomic E-state index is 12.6. The number of carbonyl (C=O) groups excluding carboxylic acids is 4. The van der Waals surface area contributed by atoms with E-state index in [1.54, 1.807) is 20.8 Å². The van der Waals surface area contributed by atoms with Crippen LogP contribution in [0.4, 0.5) is 0 Å². The van der Waals surface area contributed by atoms with Crippen LogP contribution in [0.1, 0.15) is 40.0 Å².